The number of nitrogens with zero attached hydrogens (tertiary/aromatic N) is 1. The van der Waals surface area contributed by atoms with E-state index in [9.17, 15) is 4.79 Å². The highest BCUT2D eigenvalue weighted by Crippen LogP contribution is 2.14. The molecule has 2 rings (SSSR count). The zero-order valence-corrected chi connectivity index (χ0v) is 11.7. The van der Waals surface area contributed by atoms with Crippen LogP contribution in [0.3, 0.4) is 0 Å². The number of rotatable bonds is 2. The molecule has 0 spiro atoms. The lowest BCUT2D eigenvalue weighted by Gasteiger charge is -2.32. The van der Waals surface area contributed by atoms with Crippen molar-refractivity contribution in [3.05, 3.63) is 0 Å². The molecule has 2 atom stereocenters. The van der Waals surface area contributed by atoms with Crippen LogP contribution in [-0.4, -0.2) is 62.9 Å². The van der Waals surface area contributed by atoms with Crippen molar-refractivity contribution in [1.29, 1.82) is 0 Å². The van der Waals surface area contributed by atoms with Crippen molar-refractivity contribution in [3.8, 4) is 0 Å². The van der Waals surface area contributed by atoms with Gasteiger partial charge in [0.05, 0.1) is 19.8 Å². The second kappa shape index (κ2) is 7.94. The molecule has 106 valence electrons. The second-order valence-electron chi connectivity index (χ2n) is 4.72. The minimum Gasteiger partial charge on any atom is -0.376 e. The number of hydrogen-bond acceptors (Lipinski definition) is 4. The predicted octanol–water partition coefficient (Wildman–Crippen LogP) is 0.424. The van der Waals surface area contributed by atoms with Crippen LogP contribution in [-0.2, 0) is 14.3 Å². The van der Waals surface area contributed by atoms with Crippen LogP contribution in [0.1, 0.15) is 19.3 Å². The van der Waals surface area contributed by atoms with Gasteiger partial charge in [-0.3, -0.25) is 4.79 Å². The number of carbonyl (C=O) groups is 1. The zero-order valence-electron chi connectivity index (χ0n) is 10.9. The molecule has 2 saturated heterocycles. The average Bonchev–Trinajstić information content (AvgIpc) is 2.67. The van der Waals surface area contributed by atoms with E-state index >= 15 is 0 Å². The molecule has 2 fully saturated rings. The Kier molecular flexibility index (Phi) is 6.92. The summed E-state index contributed by atoms with van der Waals surface area (Å²) in [5.41, 5.74) is 0. The Morgan fingerprint density at radius 1 is 1.28 bits per heavy atom. The SMILES string of the molecule is CN(C(=O)C1COCCO1)C1CCCNCC1.Cl. The van der Waals surface area contributed by atoms with E-state index in [-0.39, 0.29) is 18.3 Å². The van der Waals surface area contributed by atoms with E-state index < -0.39 is 6.10 Å². The molecular weight excluding hydrogens is 256 g/mol. The van der Waals surface area contributed by atoms with E-state index in [0.29, 0.717) is 25.9 Å². The van der Waals surface area contributed by atoms with Crippen LogP contribution >= 0.6 is 12.4 Å². The van der Waals surface area contributed by atoms with Gasteiger partial charge in [-0.1, -0.05) is 0 Å². The summed E-state index contributed by atoms with van der Waals surface area (Å²) in [6, 6.07) is 0.336. The quantitative estimate of drug-likeness (QED) is 0.796. The summed E-state index contributed by atoms with van der Waals surface area (Å²) in [7, 11) is 1.89. The maximum absolute atomic E-state index is 12.2. The standard InChI is InChI=1S/C12H22N2O3.ClH/c1-14(10-3-2-5-13-6-4-10)12(15)11-9-16-7-8-17-11;/h10-11,13H,2-9H2,1H3;1H. The average molecular weight is 279 g/mol. The Morgan fingerprint density at radius 3 is 2.83 bits per heavy atom. The Hall–Kier alpha value is -0.360. The first kappa shape index (κ1) is 15.7. The Morgan fingerprint density at radius 2 is 2.11 bits per heavy atom. The molecule has 0 aromatic carbocycles. The lowest BCUT2D eigenvalue weighted by Crippen LogP contribution is -2.47. The van der Waals surface area contributed by atoms with E-state index in [2.05, 4.69) is 5.32 Å². The maximum Gasteiger partial charge on any atom is 0.254 e. The number of nitrogens with one attached hydrogen (secondary N) is 1. The molecule has 0 radical (unpaired) electrons. The van der Waals surface area contributed by atoms with Crippen molar-refractivity contribution < 1.29 is 14.3 Å². The normalized spacial score (nSPS) is 28.9. The zero-order chi connectivity index (χ0) is 12.1. The molecule has 18 heavy (non-hydrogen) atoms. The van der Waals surface area contributed by atoms with Crippen LogP contribution in [0.2, 0.25) is 0 Å². The van der Waals surface area contributed by atoms with Gasteiger partial charge >= 0.3 is 0 Å². The third-order valence-corrected chi connectivity index (χ3v) is 3.53. The van der Waals surface area contributed by atoms with E-state index in [4.69, 9.17) is 9.47 Å². The van der Waals surface area contributed by atoms with Gasteiger partial charge in [0.15, 0.2) is 6.10 Å². The minimum atomic E-state index is -0.398. The van der Waals surface area contributed by atoms with Crippen LogP contribution in [0.5, 0.6) is 0 Å². The van der Waals surface area contributed by atoms with Crippen molar-refractivity contribution in [1.82, 2.24) is 10.2 Å². The predicted molar refractivity (Wildman–Crippen MR) is 71.1 cm³/mol. The van der Waals surface area contributed by atoms with Crippen molar-refractivity contribution >= 4 is 18.3 Å². The second-order valence-corrected chi connectivity index (χ2v) is 4.72. The molecular formula is C12H23ClN2O3. The molecule has 1 N–H and O–H groups in total. The van der Waals surface area contributed by atoms with Crippen LogP contribution in [0.15, 0.2) is 0 Å². The summed E-state index contributed by atoms with van der Waals surface area (Å²) in [4.78, 5) is 14.1. The first-order valence-corrected chi connectivity index (χ1v) is 6.46. The molecule has 1 amide bonds. The van der Waals surface area contributed by atoms with Crippen LogP contribution < -0.4 is 5.32 Å². The number of halogens is 1. The molecule has 0 aromatic rings. The summed E-state index contributed by atoms with van der Waals surface area (Å²) in [6.45, 7) is 3.57. The van der Waals surface area contributed by atoms with E-state index in [1.807, 2.05) is 11.9 Å². The number of ether oxygens (including phenoxy) is 2. The molecule has 2 unspecified atom stereocenters. The molecule has 2 aliphatic rings. The number of likely N-dealkylation sites (N-methyl/N-ethyl adjacent to an activating group) is 1. The molecule has 2 heterocycles. The van der Waals surface area contributed by atoms with Crippen molar-refractivity contribution in [3.63, 3.8) is 0 Å². The van der Waals surface area contributed by atoms with Gasteiger partial charge in [0, 0.05) is 13.1 Å². The Bertz CT molecular complexity index is 252. The van der Waals surface area contributed by atoms with Crippen LogP contribution in [0, 0.1) is 0 Å². The first-order chi connectivity index (χ1) is 8.29. The number of carbonyl (C=O) groups excluding carboxylic acids is 1. The fourth-order valence-electron chi connectivity index (χ4n) is 2.43. The van der Waals surface area contributed by atoms with Crippen molar-refractivity contribution in [2.45, 2.75) is 31.4 Å². The van der Waals surface area contributed by atoms with Gasteiger partial charge in [0.25, 0.3) is 5.91 Å². The lowest BCUT2D eigenvalue weighted by molar-refractivity contribution is -0.158. The smallest absolute Gasteiger partial charge is 0.254 e. The van der Waals surface area contributed by atoms with Crippen molar-refractivity contribution in [2.24, 2.45) is 0 Å². The van der Waals surface area contributed by atoms with Gasteiger partial charge in [-0.25, -0.2) is 0 Å². The Balaban J connectivity index is 0.00000162. The fourth-order valence-corrected chi connectivity index (χ4v) is 2.43. The highest BCUT2D eigenvalue weighted by molar-refractivity contribution is 5.85. The summed E-state index contributed by atoms with van der Waals surface area (Å²) >= 11 is 0. The summed E-state index contributed by atoms with van der Waals surface area (Å²) < 4.78 is 10.7. The number of hydrogen-bond donors (Lipinski definition) is 1. The van der Waals surface area contributed by atoms with E-state index in [0.717, 1.165) is 32.4 Å². The third kappa shape index (κ3) is 4.09. The lowest BCUT2D eigenvalue weighted by atomic mass is 10.1. The monoisotopic (exact) mass is 278 g/mol. The van der Waals surface area contributed by atoms with Crippen LogP contribution in [0.25, 0.3) is 0 Å². The minimum absolute atomic E-state index is 0. The summed E-state index contributed by atoms with van der Waals surface area (Å²) in [5, 5.41) is 3.36. The van der Waals surface area contributed by atoms with Gasteiger partial charge in [0.2, 0.25) is 0 Å². The van der Waals surface area contributed by atoms with Gasteiger partial charge in [0.1, 0.15) is 0 Å². The third-order valence-electron chi connectivity index (χ3n) is 3.53. The maximum atomic E-state index is 12.2. The molecule has 0 saturated carbocycles. The molecule has 0 aromatic heterocycles. The highest BCUT2D eigenvalue weighted by atomic mass is 35.5. The molecule has 0 bridgehead atoms. The van der Waals surface area contributed by atoms with Gasteiger partial charge in [-0.05, 0) is 32.4 Å². The summed E-state index contributed by atoms with van der Waals surface area (Å²) in [5.74, 6) is 0.0663. The Labute approximate surface area is 115 Å². The molecule has 5 nitrogen and oxygen atoms in total. The molecule has 2 aliphatic heterocycles. The van der Waals surface area contributed by atoms with E-state index in [1.54, 1.807) is 0 Å². The van der Waals surface area contributed by atoms with Gasteiger partial charge in [-0.15, -0.1) is 12.4 Å². The van der Waals surface area contributed by atoms with E-state index in [1.165, 1.54) is 0 Å². The van der Waals surface area contributed by atoms with Gasteiger partial charge in [-0.2, -0.15) is 0 Å². The summed E-state index contributed by atoms with van der Waals surface area (Å²) in [6.07, 6.45) is 2.83. The van der Waals surface area contributed by atoms with Crippen LogP contribution in [0.4, 0.5) is 0 Å². The molecule has 0 aliphatic carbocycles. The highest BCUT2D eigenvalue weighted by Gasteiger charge is 2.29. The largest absolute Gasteiger partial charge is 0.376 e. The van der Waals surface area contributed by atoms with Gasteiger partial charge < -0.3 is 19.7 Å². The topological polar surface area (TPSA) is 50.8 Å². The fraction of sp³-hybridized carbons (Fsp3) is 0.917. The van der Waals surface area contributed by atoms with Crippen molar-refractivity contribution in [2.75, 3.05) is 40.0 Å². The first-order valence-electron chi connectivity index (χ1n) is 6.46. The molecule has 6 heteroatoms. The number of amides is 1.